The fourth-order valence-corrected chi connectivity index (χ4v) is 3.28. The molecule has 2 N–H and O–H groups in total. The van der Waals surface area contributed by atoms with Gasteiger partial charge in [-0.1, -0.05) is 12.1 Å². The molecule has 2 amide bonds. The lowest BCUT2D eigenvalue weighted by molar-refractivity contribution is -0.136. The molecule has 1 heterocycles. The molecular formula is C18H23FN2O4. The Morgan fingerprint density at radius 1 is 1.32 bits per heavy atom. The third kappa shape index (κ3) is 4.16. The molecule has 0 bridgehead atoms. The highest BCUT2D eigenvalue weighted by Crippen LogP contribution is 2.45. The van der Waals surface area contributed by atoms with Crippen molar-refractivity contribution in [2.45, 2.75) is 37.3 Å². The van der Waals surface area contributed by atoms with E-state index in [4.69, 9.17) is 4.74 Å². The Kier molecular flexibility index (Phi) is 4.79. The number of ether oxygens (including phenoxy) is 1. The fourth-order valence-electron chi connectivity index (χ4n) is 3.28. The maximum absolute atomic E-state index is 13.1. The van der Waals surface area contributed by atoms with Crippen LogP contribution in [0.25, 0.3) is 0 Å². The Balaban J connectivity index is 1.65. The third-order valence-electron chi connectivity index (χ3n) is 4.82. The molecule has 25 heavy (non-hydrogen) atoms. The van der Waals surface area contributed by atoms with Crippen LogP contribution in [0.1, 0.15) is 31.7 Å². The van der Waals surface area contributed by atoms with E-state index in [1.807, 2.05) is 0 Å². The van der Waals surface area contributed by atoms with Crippen LogP contribution in [-0.2, 0) is 19.9 Å². The van der Waals surface area contributed by atoms with Crippen LogP contribution in [0.3, 0.4) is 0 Å². The van der Waals surface area contributed by atoms with Crippen molar-refractivity contribution in [2.75, 3.05) is 26.3 Å². The first kappa shape index (κ1) is 17.8. The molecule has 1 aliphatic carbocycles. The molecule has 6 nitrogen and oxygen atoms in total. The van der Waals surface area contributed by atoms with Gasteiger partial charge in [-0.3, -0.25) is 9.59 Å². The normalized spacial score (nSPS) is 25.2. The summed E-state index contributed by atoms with van der Waals surface area (Å²) < 4.78 is 18.5. The van der Waals surface area contributed by atoms with E-state index in [1.165, 1.54) is 24.0 Å². The monoisotopic (exact) mass is 350 g/mol. The second kappa shape index (κ2) is 6.72. The number of nitrogens with zero attached hydrogens (tertiary/aromatic N) is 1. The van der Waals surface area contributed by atoms with E-state index in [0.29, 0.717) is 13.2 Å². The van der Waals surface area contributed by atoms with Crippen LogP contribution in [0.4, 0.5) is 4.39 Å². The number of nitrogens with one attached hydrogen (secondary N) is 1. The molecule has 2 aliphatic rings. The second-order valence-corrected chi connectivity index (χ2v) is 7.03. The highest BCUT2D eigenvalue weighted by molar-refractivity contribution is 5.79. The standard InChI is InChI=1S/C18H23FN2O4/c1-13(22)21-8-9-25-12-17(24,11-21)10-16(23)20-18(6-7-18)14-2-4-15(19)5-3-14/h2-5,24H,6-12H2,1H3,(H,20,23)/t17-/m1/s1. The van der Waals surface area contributed by atoms with Crippen LogP contribution in [-0.4, -0.2) is 53.7 Å². The van der Waals surface area contributed by atoms with Gasteiger partial charge < -0.3 is 20.1 Å². The van der Waals surface area contributed by atoms with Gasteiger partial charge in [0.05, 0.1) is 31.7 Å². The number of carbonyl (C=O) groups is 2. The molecule has 0 spiro atoms. The van der Waals surface area contributed by atoms with Crippen molar-refractivity contribution in [3.63, 3.8) is 0 Å². The van der Waals surface area contributed by atoms with Gasteiger partial charge >= 0.3 is 0 Å². The van der Waals surface area contributed by atoms with Gasteiger partial charge in [0.15, 0.2) is 0 Å². The van der Waals surface area contributed by atoms with Crippen molar-refractivity contribution >= 4 is 11.8 Å². The number of hydrogen-bond acceptors (Lipinski definition) is 4. The summed E-state index contributed by atoms with van der Waals surface area (Å²) in [5, 5.41) is 13.7. The van der Waals surface area contributed by atoms with Crippen LogP contribution in [0.2, 0.25) is 0 Å². The van der Waals surface area contributed by atoms with Crippen molar-refractivity contribution in [1.82, 2.24) is 10.2 Å². The number of β-amino-alcohol motifs (C(OH)–C–C–N with tert-alkyl or cyclic N) is 1. The summed E-state index contributed by atoms with van der Waals surface area (Å²) in [6.07, 6.45) is 1.40. The quantitative estimate of drug-likeness (QED) is 0.847. The van der Waals surface area contributed by atoms with Gasteiger partial charge in [-0.2, -0.15) is 0 Å². The van der Waals surface area contributed by atoms with E-state index in [1.54, 1.807) is 12.1 Å². The zero-order valence-corrected chi connectivity index (χ0v) is 14.3. The largest absolute Gasteiger partial charge is 0.385 e. The predicted molar refractivity (Wildman–Crippen MR) is 88.1 cm³/mol. The number of carbonyl (C=O) groups excluding carboxylic acids is 2. The van der Waals surface area contributed by atoms with E-state index >= 15 is 0 Å². The van der Waals surface area contributed by atoms with Crippen molar-refractivity contribution in [1.29, 1.82) is 0 Å². The van der Waals surface area contributed by atoms with Crippen molar-refractivity contribution < 1.29 is 23.8 Å². The smallest absolute Gasteiger partial charge is 0.223 e. The fraction of sp³-hybridized carbons (Fsp3) is 0.556. The summed E-state index contributed by atoms with van der Waals surface area (Å²) in [6, 6.07) is 6.09. The van der Waals surface area contributed by atoms with Gasteiger partial charge in [0.2, 0.25) is 11.8 Å². The molecule has 1 atom stereocenters. The number of amides is 2. The van der Waals surface area contributed by atoms with Crippen LogP contribution >= 0.6 is 0 Å². The molecule has 2 fully saturated rings. The zero-order chi connectivity index (χ0) is 18.1. The summed E-state index contributed by atoms with van der Waals surface area (Å²) in [5.41, 5.74) is -1.03. The average molecular weight is 350 g/mol. The summed E-state index contributed by atoms with van der Waals surface area (Å²) in [4.78, 5) is 25.6. The van der Waals surface area contributed by atoms with Gasteiger partial charge in [0, 0.05) is 13.5 Å². The SMILES string of the molecule is CC(=O)N1CCOC[C@@](O)(CC(=O)NC2(c3ccc(F)cc3)CC2)C1. The van der Waals surface area contributed by atoms with E-state index in [0.717, 1.165) is 18.4 Å². The first-order valence-electron chi connectivity index (χ1n) is 8.45. The molecule has 7 heteroatoms. The first-order chi connectivity index (χ1) is 11.8. The van der Waals surface area contributed by atoms with E-state index in [9.17, 15) is 19.1 Å². The molecule has 0 aromatic heterocycles. The Morgan fingerprint density at radius 3 is 2.60 bits per heavy atom. The lowest BCUT2D eigenvalue weighted by atomic mass is 9.98. The molecule has 136 valence electrons. The highest BCUT2D eigenvalue weighted by Gasteiger charge is 2.47. The summed E-state index contributed by atoms with van der Waals surface area (Å²) >= 11 is 0. The van der Waals surface area contributed by atoms with Crippen LogP contribution < -0.4 is 5.32 Å². The molecule has 1 aromatic carbocycles. The molecule has 1 aliphatic heterocycles. The van der Waals surface area contributed by atoms with Gasteiger partial charge in [0.25, 0.3) is 0 Å². The molecule has 3 rings (SSSR count). The lowest BCUT2D eigenvalue weighted by Gasteiger charge is -2.30. The number of halogens is 1. The average Bonchev–Trinajstić information content (AvgIpc) is 3.32. The van der Waals surface area contributed by atoms with Crippen molar-refractivity contribution in [2.24, 2.45) is 0 Å². The van der Waals surface area contributed by atoms with E-state index in [-0.39, 0.29) is 37.2 Å². The summed E-state index contributed by atoms with van der Waals surface area (Å²) in [5.74, 6) is -0.784. The lowest BCUT2D eigenvalue weighted by Crippen LogP contribution is -2.49. The maximum atomic E-state index is 13.1. The highest BCUT2D eigenvalue weighted by atomic mass is 19.1. The minimum atomic E-state index is -1.41. The van der Waals surface area contributed by atoms with Crippen LogP contribution in [0, 0.1) is 5.82 Å². The Hall–Kier alpha value is -1.99. The minimum absolute atomic E-state index is 0.00769. The molecule has 1 saturated heterocycles. The Labute approximate surface area is 146 Å². The second-order valence-electron chi connectivity index (χ2n) is 7.03. The van der Waals surface area contributed by atoms with Gasteiger partial charge in [0.1, 0.15) is 11.4 Å². The molecular weight excluding hydrogens is 327 g/mol. The number of aliphatic hydroxyl groups is 1. The van der Waals surface area contributed by atoms with E-state index in [2.05, 4.69) is 5.32 Å². The van der Waals surface area contributed by atoms with Gasteiger partial charge in [-0.05, 0) is 30.5 Å². The third-order valence-corrected chi connectivity index (χ3v) is 4.82. The summed E-state index contributed by atoms with van der Waals surface area (Å²) in [7, 11) is 0. The maximum Gasteiger partial charge on any atom is 0.223 e. The zero-order valence-electron chi connectivity index (χ0n) is 14.3. The van der Waals surface area contributed by atoms with Crippen LogP contribution in [0.5, 0.6) is 0 Å². The molecule has 0 radical (unpaired) electrons. The first-order valence-corrected chi connectivity index (χ1v) is 8.45. The molecule has 1 saturated carbocycles. The number of benzene rings is 1. The Morgan fingerprint density at radius 2 is 2.00 bits per heavy atom. The number of rotatable bonds is 4. The number of hydrogen-bond donors (Lipinski definition) is 2. The minimum Gasteiger partial charge on any atom is -0.385 e. The van der Waals surface area contributed by atoms with Crippen LogP contribution in [0.15, 0.2) is 24.3 Å². The Bertz CT molecular complexity index is 660. The molecule has 0 unspecified atom stereocenters. The molecule has 1 aromatic rings. The predicted octanol–water partition coefficient (Wildman–Crippen LogP) is 0.931. The summed E-state index contributed by atoms with van der Waals surface area (Å²) in [6.45, 7) is 2.24. The van der Waals surface area contributed by atoms with Gasteiger partial charge in [-0.15, -0.1) is 0 Å². The topological polar surface area (TPSA) is 78.9 Å². The van der Waals surface area contributed by atoms with Crippen molar-refractivity contribution in [3.05, 3.63) is 35.6 Å². The van der Waals surface area contributed by atoms with Crippen molar-refractivity contribution in [3.8, 4) is 0 Å². The van der Waals surface area contributed by atoms with E-state index < -0.39 is 11.1 Å². The van der Waals surface area contributed by atoms with Gasteiger partial charge in [-0.25, -0.2) is 4.39 Å².